The van der Waals surface area contributed by atoms with Gasteiger partial charge in [0.05, 0.1) is 46.2 Å². The first-order valence-corrected chi connectivity index (χ1v) is 7.61. The molecule has 24 heavy (non-hydrogen) atoms. The average molecular weight is 335 g/mol. The van der Waals surface area contributed by atoms with Crippen molar-refractivity contribution < 1.29 is 28.7 Å². The quantitative estimate of drug-likeness (QED) is 0.662. The predicted octanol–water partition coefficient (Wildman–Crippen LogP) is 0.799. The zero-order valence-corrected chi connectivity index (χ0v) is 14.1. The van der Waals surface area contributed by atoms with E-state index in [4.69, 9.17) is 18.6 Å². The Kier molecular flexibility index (Phi) is 6.51. The van der Waals surface area contributed by atoms with E-state index in [0.717, 1.165) is 17.9 Å². The standard InChI is InChI=1S/C17H22N2O5/c1-21-14-10-16(23-3)15(22-2)9-12(14)11-18-6-7-19-17(20)13-5-4-8-24-13/h4-5,8-10,18H,6-7,11H2,1-3H3,(H,19,20)/p+1. The molecule has 1 heterocycles. The number of hydrogen-bond donors (Lipinski definition) is 2. The van der Waals surface area contributed by atoms with Crippen molar-refractivity contribution >= 4 is 5.91 Å². The van der Waals surface area contributed by atoms with E-state index in [0.29, 0.717) is 30.3 Å². The Morgan fingerprint density at radius 2 is 1.83 bits per heavy atom. The van der Waals surface area contributed by atoms with Gasteiger partial charge in [0, 0.05) is 6.07 Å². The first kappa shape index (κ1) is 17.7. The van der Waals surface area contributed by atoms with Gasteiger partial charge in [-0.25, -0.2) is 0 Å². The van der Waals surface area contributed by atoms with E-state index in [-0.39, 0.29) is 5.91 Å². The molecule has 0 fully saturated rings. The van der Waals surface area contributed by atoms with Gasteiger partial charge in [-0.05, 0) is 18.2 Å². The molecule has 0 bridgehead atoms. The van der Waals surface area contributed by atoms with Crippen LogP contribution in [0.3, 0.4) is 0 Å². The Balaban J connectivity index is 1.84. The number of nitrogens with one attached hydrogen (secondary N) is 1. The third kappa shape index (κ3) is 4.42. The van der Waals surface area contributed by atoms with Crippen molar-refractivity contribution in [2.45, 2.75) is 6.54 Å². The summed E-state index contributed by atoms with van der Waals surface area (Å²) in [6, 6.07) is 7.02. The fourth-order valence-electron chi connectivity index (χ4n) is 2.29. The molecule has 0 atom stereocenters. The van der Waals surface area contributed by atoms with Crippen LogP contribution in [0.4, 0.5) is 0 Å². The molecule has 7 nitrogen and oxygen atoms in total. The number of quaternary nitrogens is 1. The number of furan rings is 1. The molecule has 0 unspecified atom stereocenters. The Bertz CT molecular complexity index is 655. The largest absolute Gasteiger partial charge is 0.496 e. The second-order valence-corrected chi connectivity index (χ2v) is 5.03. The number of carbonyl (C=O) groups excluding carboxylic acids is 1. The molecule has 3 N–H and O–H groups in total. The summed E-state index contributed by atoms with van der Waals surface area (Å²) in [7, 11) is 4.81. The lowest BCUT2D eigenvalue weighted by atomic mass is 10.1. The number of hydrogen-bond acceptors (Lipinski definition) is 5. The summed E-state index contributed by atoms with van der Waals surface area (Å²) < 4.78 is 21.0. The maximum atomic E-state index is 11.7. The summed E-state index contributed by atoms with van der Waals surface area (Å²) in [6.07, 6.45) is 1.48. The summed E-state index contributed by atoms with van der Waals surface area (Å²) >= 11 is 0. The van der Waals surface area contributed by atoms with E-state index in [9.17, 15) is 4.79 Å². The Morgan fingerprint density at radius 1 is 1.12 bits per heavy atom. The highest BCUT2D eigenvalue weighted by atomic mass is 16.5. The minimum Gasteiger partial charge on any atom is -0.496 e. The number of nitrogens with two attached hydrogens (primary N) is 1. The lowest BCUT2D eigenvalue weighted by molar-refractivity contribution is -0.668. The van der Waals surface area contributed by atoms with Crippen LogP contribution in [0.5, 0.6) is 17.2 Å². The first-order valence-electron chi connectivity index (χ1n) is 7.61. The molecule has 0 aliphatic carbocycles. The predicted molar refractivity (Wildman–Crippen MR) is 87.6 cm³/mol. The smallest absolute Gasteiger partial charge is 0.287 e. The van der Waals surface area contributed by atoms with Crippen molar-refractivity contribution in [3.8, 4) is 17.2 Å². The van der Waals surface area contributed by atoms with Crippen molar-refractivity contribution in [2.24, 2.45) is 0 Å². The molecule has 0 radical (unpaired) electrons. The van der Waals surface area contributed by atoms with Crippen LogP contribution in [0.2, 0.25) is 0 Å². The molecule has 1 aromatic carbocycles. The summed E-state index contributed by atoms with van der Waals surface area (Å²) in [6.45, 7) is 1.96. The summed E-state index contributed by atoms with van der Waals surface area (Å²) in [5.41, 5.74) is 0.993. The van der Waals surface area contributed by atoms with E-state index in [1.807, 2.05) is 6.07 Å². The number of ether oxygens (including phenoxy) is 3. The summed E-state index contributed by atoms with van der Waals surface area (Å²) in [5, 5.41) is 4.88. The fraction of sp³-hybridized carbons (Fsp3) is 0.353. The Morgan fingerprint density at radius 3 is 2.46 bits per heavy atom. The van der Waals surface area contributed by atoms with Gasteiger partial charge in [-0.3, -0.25) is 4.79 Å². The van der Waals surface area contributed by atoms with E-state index >= 15 is 0 Å². The number of amides is 1. The highest BCUT2D eigenvalue weighted by molar-refractivity contribution is 5.91. The third-order valence-corrected chi connectivity index (χ3v) is 3.53. The molecule has 7 heteroatoms. The van der Waals surface area contributed by atoms with Gasteiger partial charge in [0.25, 0.3) is 5.91 Å². The monoisotopic (exact) mass is 335 g/mol. The van der Waals surface area contributed by atoms with Crippen LogP contribution in [0.25, 0.3) is 0 Å². The van der Waals surface area contributed by atoms with Crippen LogP contribution in [0.1, 0.15) is 16.1 Å². The van der Waals surface area contributed by atoms with Crippen LogP contribution in [0, 0.1) is 0 Å². The SMILES string of the molecule is COc1cc(OC)c(OC)cc1C[NH2+]CCNC(=O)c1ccco1. The molecule has 130 valence electrons. The first-order chi connectivity index (χ1) is 11.7. The molecule has 0 aliphatic rings. The molecule has 1 aromatic heterocycles. The van der Waals surface area contributed by atoms with Crippen molar-refractivity contribution in [1.82, 2.24) is 5.32 Å². The van der Waals surface area contributed by atoms with Gasteiger partial charge in [-0.15, -0.1) is 0 Å². The van der Waals surface area contributed by atoms with Gasteiger partial charge in [-0.2, -0.15) is 0 Å². The molecule has 0 saturated carbocycles. The van der Waals surface area contributed by atoms with Gasteiger partial charge in [0.2, 0.25) is 0 Å². The van der Waals surface area contributed by atoms with Crippen molar-refractivity contribution in [3.05, 3.63) is 41.9 Å². The number of carbonyl (C=O) groups is 1. The number of methoxy groups -OCH3 is 3. The van der Waals surface area contributed by atoms with Gasteiger partial charge < -0.3 is 29.3 Å². The lowest BCUT2D eigenvalue weighted by Gasteiger charge is -2.13. The van der Waals surface area contributed by atoms with E-state index in [2.05, 4.69) is 10.6 Å². The molecule has 0 aliphatic heterocycles. The minimum absolute atomic E-state index is 0.211. The maximum Gasteiger partial charge on any atom is 0.287 e. The highest BCUT2D eigenvalue weighted by Gasteiger charge is 2.13. The van der Waals surface area contributed by atoms with Crippen LogP contribution in [-0.2, 0) is 6.54 Å². The van der Waals surface area contributed by atoms with Crippen molar-refractivity contribution in [3.63, 3.8) is 0 Å². The topological polar surface area (TPSA) is 86.5 Å². The third-order valence-electron chi connectivity index (χ3n) is 3.53. The van der Waals surface area contributed by atoms with Crippen LogP contribution in [-0.4, -0.2) is 40.3 Å². The summed E-state index contributed by atoms with van der Waals surface area (Å²) in [4.78, 5) is 11.7. The van der Waals surface area contributed by atoms with Crippen LogP contribution < -0.4 is 24.8 Å². The molecule has 2 rings (SSSR count). The molecular weight excluding hydrogens is 312 g/mol. The second kappa shape index (κ2) is 8.83. The minimum atomic E-state index is -0.211. The molecule has 0 spiro atoms. The van der Waals surface area contributed by atoms with Crippen LogP contribution >= 0.6 is 0 Å². The van der Waals surface area contributed by atoms with Crippen molar-refractivity contribution in [1.29, 1.82) is 0 Å². The second-order valence-electron chi connectivity index (χ2n) is 5.03. The van der Waals surface area contributed by atoms with Crippen LogP contribution in [0.15, 0.2) is 34.9 Å². The Hall–Kier alpha value is -2.67. The van der Waals surface area contributed by atoms with Gasteiger partial charge in [0.1, 0.15) is 12.3 Å². The Labute approximate surface area is 140 Å². The lowest BCUT2D eigenvalue weighted by Crippen LogP contribution is -2.84. The number of rotatable bonds is 9. The molecule has 0 saturated heterocycles. The van der Waals surface area contributed by atoms with E-state index in [1.165, 1.54) is 6.26 Å². The highest BCUT2D eigenvalue weighted by Crippen LogP contribution is 2.34. The maximum absolute atomic E-state index is 11.7. The zero-order valence-electron chi connectivity index (χ0n) is 14.1. The number of benzene rings is 1. The summed E-state index contributed by atoms with van der Waals surface area (Å²) in [5.74, 6) is 2.13. The fourth-order valence-corrected chi connectivity index (χ4v) is 2.29. The normalized spacial score (nSPS) is 10.3. The van der Waals surface area contributed by atoms with Crippen molar-refractivity contribution in [2.75, 3.05) is 34.4 Å². The van der Waals surface area contributed by atoms with Gasteiger partial charge in [-0.1, -0.05) is 0 Å². The zero-order chi connectivity index (χ0) is 17.4. The van der Waals surface area contributed by atoms with Gasteiger partial charge in [0.15, 0.2) is 17.3 Å². The average Bonchev–Trinajstić information content (AvgIpc) is 3.15. The van der Waals surface area contributed by atoms with E-state index < -0.39 is 0 Å². The van der Waals surface area contributed by atoms with E-state index in [1.54, 1.807) is 39.5 Å². The molecule has 1 amide bonds. The van der Waals surface area contributed by atoms with Gasteiger partial charge >= 0.3 is 0 Å². The molecular formula is C17H23N2O5+. The molecule has 2 aromatic rings.